The van der Waals surface area contributed by atoms with Gasteiger partial charge in [-0.05, 0) is 25.5 Å². The van der Waals surface area contributed by atoms with Crippen molar-refractivity contribution in [2.45, 2.75) is 19.4 Å². The van der Waals surface area contributed by atoms with Crippen LogP contribution in [0.5, 0.6) is 0 Å². The molecule has 1 saturated heterocycles. The quantitative estimate of drug-likeness (QED) is 0.782. The van der Waals surface area contributed by atoms with Crippen molar-refractivity contribution in [1.29, 1.82) is 0 Å². The number of hydrogen-bond acceptors (Lipinski definition) is 3. The van der Waals surface area contributed by atoms with Crippen LogP contribution >= 0.6 is 0 Å². The highest BCUT2D eigenvalue weighted by atomic mass is 16.5. The van der Waals surface area contributed by atoms with Gasteiger partial charge in [0.25, 0.3) is 5.91 Å². The molecule has 4 heteroatoms. The van der Waals surface area contributed by atoms with Gasteiger partial charge in [-0.15, -0.1) is 0 Å². The summed E-state index contributed by atoms with van der Waals surface area (Å²) >= 11 is 0. The van der Waals surface area contributed by atoms with Gasteiger partial charge in [0.15, 0.2) is 0 Å². The zero-order valence-electron chi connectivity index (χ0n) is 8.69. The average Bonchev–Trinajstić information content (AvgIpc) is 2.70. The molecule has 0 aromatic carbocycles. The molecule has 0 radical (unpaired) electrons. The summed E-state index contributed by atoms with van der Waals surface area (Å²) in [6.45, 7) is 3.23. The van der Waals surface area contributed by atoms with Gasteiger partial charge in [0.2, 0.25) is 0 Å². The Labute approximate surface area is 88.7 Å². The van der Waals surface area contributed by atoms with E-state index in [2.05, 4.69) is 10.3 Å². The van der Waals surface area contributed by atoms with Crippen LogP contribution < -0.4 is 5.32 Å². The molecule has 1 aromatic heterocycles. The summed E-state index contributed by atoms with van der Waals surface area (Å²) in [6, 6.07) is 3.66. The third-order valence-electron chi connectivity index (χ3n) is 2.42. The number of nitrogens with one attached hydrogen (secondary N) is 1. The number of ether oxygens (including phenoxy) is 1. The number of amides is 1. The van der Waals surface area contributed by atoms with Crippen LogP contribution in [0.25, 0.3) is 0 Å². The van der Waals surface area contributed by atoms with Gasteiger partial charge in [0.1, 0.15) is 0 Å². The van der Waals surface area contributed by atoms with Crippen molar-refractivity contribution in [2.75, 3.05) is 13.2 Å². The van der Waals surface area contributed by atoms with Crippen molar-refractivity contribution in [3.05, 3.63) is 29.6 Å². The summed E-state index contributed by atoms with van der Waals surface area (Å²) in [6.07, 6.45) is 2.55. The third kappa shape index (κ3) is 2.53. The molecule has 0 bridgehead atoms. The van der Waals surface area contributed by atoms with Crippen LogP contribution in [0.3, 0.4) is 0 Å². The Morgan fingerprint density at radius 1 is 1.67 bits per heavy atom. The molecule has 0 aliphatic carbocycles. The van der Waals surface area contributed by atoms with Crippen LogP contribution in [0.15, 0.2) is 18.3 Å². The van der Waals surface area contributed by atoms with Gasteiger partial charge < -0.3 is 10.1 Å². The average molecular weight is 206 g/mol. The zero-order chi connectivity index (χ0) is 10.7. The van der Waals surface area contributed by atoms with E-state index >= 15 is 0 Å². The van der Waals surface area contributed by atoms with E-state index in [0.29, 0.717) is 12.2 Å². The molecule has 1 aromatic rings. The molecule has 2 heterocycles. The molecule has 0 saturated carbocycles. The van der Waals surface area contributed by atoms with Gasteiger partial charge >= 0.3 is 0 Å². The van der Waals surface area contributed by atoms with Gasteiger partial charge in [0.05, 0.1) is 12.6 Å². The molecule has 80 valence electrons. The van der Waals surface area contributed by atoms with E-state index < -0.39 is 0 Å². The largest absolute Gasteiger partial charge is 0.379 e. The van der Waals surface area contributed by atoms with Crippen molar-refractivity contribution >= 4 is 5.91 Å². The summed E-state index contributed by atoms with van der Waals surface area (Å²) < 4.78 is 5.19. The summed E-state index contributed by atoms with van der Waals surface area (Å²) in [4.78, 5) is 15.8. The van der Waals surface area contributed by atoms with Gasteiger partial charge in [0, 0.05) is 24.1 Å². The Hall–Kier alpha value is -1.42. The van der Waals surface area contributed by atoms with Crippen molar-refractivity contribution in [3.8, 4) is 0 Å². The molecule has 2 rings (SSSR count). The number of hydrogen-bond donors (Lipinski definition) is 1. The molecule has 1 fully saturated rings. The van der Waals surface area contributed by atoms with Crippen LogP contribution in [0.2, 0.25) is 0 Å². The fraction of sp³-hybridized carbons (Fsp3) is 0.455. The predicted molar refractivity (Wildman–Crippen MR) is 55.7 cm³/mol. The molecular formula is C11H14N2O2. The normalized spacial score (nSPS) is 20.2. The molecule has 1 unspecified atom stereocenters. The van der Waals surface area contributed by atoms with Crippen molar-refractivity contribution in [3.63, 3.8) is 0 Å². The maximum absolute atomic E-state index is 11.8. The lowest BCUT2D eigenvalue weighted by Crippen LogP contribution is -2.35. The molecule has 15 heavy (non-hydrogen) atoms. The zero-order valence-corrected chi connectivity index (χ0v) is 8.69. The number of carbonyl (C=O) groups excluding carboxylic acids is 1. The monoisotopic (exact) mass is 206 g/mol. The molecule has 1 atom stereocenters. The first-order valence-electron chi connectivity index (χ1n) is 5.07. The molecule has 4 nitrogen and oxygen atoms in total. The summed E-state index contributed by atoms with van der Waals surface area (Å²) in [5.41, 5.74) is 1.51. The number of nitrogens with zero attached hydrogens (tertiary/aromatic N) is 1. The Morgan fingerprint density at radius 2 is 2.53 bits per heavy atom. The molecule has 1 amide bonds. The van der Waals surface area contributed by atoms with E-state index in [1.807, 2.05) is 6.92 Å². The summed E-state index contributed by atoms with van der Waals surface area (Å²) in [5.74, 6) is -0.0454. The van der Waals surface area contributed by atoms with Crippen molar-refractivity contribution < 1.29 is 9.53 Å². The minimum atomic E-state index is -0.0454. The fourth-order valence-corrected chi connectivity index (χ4v) is 1.60. The van der Waals surface area contributed by atoms with Gasteiger partial charge in [-0.3, -0.25) is 9.78 Å². The van der Waals surface area contributed by atoms with Crippen molar-refractivity contribution in [2.24, 2.45) is 0 Å². The van der Waals surface area contributed by atoms with E-state index in [-0.39, 0.29) is 11.9 Å². The van der Waals surface area contributed by atoms with Gasteiger partial charge in [-0.25, -0.2) is 0 Å². The minimum absolute atomic E-state index is 0.0454. The summed E-state index contributed by atoms with van der Waals surface area (Å²) in [5, 5.41) is 2.93. The third-order valence-corrected chi connectivity index (χ3v) is 2.42. The Kier molecular flexibility index (Phi) is 2.97. The van der Waals surface area contributed by atoms with Crippen LogP contribution in [0.4, 0.5) is 0 Å². The fourth-order valence-electron chi connectivity index (χ4n) is 1.60. The standard InChI is InChI=1S/C11H14N2O2/c1-8-6-9(2-4-12-8)11(14)13-10-3-5-15-7-10/h2,4,6,10H,3,5,7H2,1H3,(H,13,14). The Morgan fingerprint density at radius 3 is 3.20 bits per heavy atom. The van der Waals surface area contributed by atoms with Crippen molar-refractivity contribution in [1.82, 2.24) is 10.3 Å². The number of aryl methyl sites for hydroxylation is 1. The maximum Gasteiger partial charge on any atom is 0.251 e. The van der Waals surface area contributed by atoms with Crippen LogP contribution in [-0.4, -0.2) is 30.1 Å². The van der Waals surface area contributed by atoms with E-state index in [0.717, 1.165) is 18.7 Å². The smallest absolute Gasteiger partial charge is 0.251 e. The second kappa shape index (κ2) is 4.40. The lowest BCUT2D eigenvalue weighted by Gasteiger charge is -2.10. The second-order valence-corrected chi connectivity index (χ2v) is 3.72. The Bertz CT molecular complexity index is 359. The first-order valence-corrected chi connectivity index (χ1v) is 5.07. The highest BCUT2D eigenvalue weighted by Crippen LogP contribution is 2.06. The van der Waals surface area contributed by atoms with E-state index in [1.54, 1.807) is 18.3 Å². The van der Waals surface area contributed by atoms with Gasteiger partial charge in [-0.2, -0.15) is 0 Å². The lowest BCUT2D eigenvalue weighted by molar-refractivity contribution is 0.0929. The van der Waals surface area contributed by atoms with E-state index in [9.17, 15) is 4.79 Å². The number of carbonyl (C=O) groups is 1. The number of pyridine rings is 1. The van der Waals surface area contributed by atoms with Crippen LogP contribution in [0.1, 0.15) is 22.5 Å². The topological polar surface area (TPSA) is 51.2 Å². The Balaban J connectivity index is 2.01. The van der Waals surface area contributed by atoms with Crippen LogP contribution in [0, 0.1) is 6.92 Å². The molecule has 1 aliphatic heterocycles. The minimum Gasteiger partial charge on any atom is -0.379 e. The lowest BCUT2D eigenvalue weighted by atomic mass is 10.2. The number of rotatable bonds is 2. The molecule has 0 spiro atoms. The van der Waals surface area contributed by atoms with Gasteiger partial charge in [-0.1, -0.05) is 0 Å². The highest BCUT2D eigenvalue weighted by Gasteiger charge is 2.18. The first-order chi connectivity index (χ1) is 7.25. The SMILES string of the molecule is Cc1cc(C(=O)NC2CCOC2)ccn1. The van der Waals surface area contributed by atoms with Crippen LogP contribution in [-0.2, 0) is 4.74 Å². The highest BCUT2D eigenvalue weighted by molar-refractivity contribution is 5.94. The van der Waals surface area contributed by atoms with E-state index in [4.69, 9.17) is 4.74 Å². The first kappa shape index (κ1) is 10.1. The molecule has 1 aliphatic rings. The number of aromatic nitrogens is 1. The predicted octanol–water partition coefficient (Wildman–Crippen LogP) is 0.909. The molecular weight excluding hydrogens is 192 g/mol. The molecule has 1 N–H and O–H groups in total. The maximum atomic E-state index is 11.8. The summed E-state index contributed by atoms with van der Waals surface area (Å²) in [7, 11) is 0. The second-order valence-electron chi connectivity index (χ2n) is 3.72. The van der Waals surface area contributed by atoms with E-state index in [1.165, 1.54) is 0 Å².